The van der Waals surface area contributed by atoms with E-state index in [-0.39, 0.29) is 11.8 Å². The number of morpholine rings is 1. The second-order valence-corrected chi connectivity index (χ2v) is 10.4. The summed E-state index contributed by atoms with van der Waals surface area (Å²) in [7, 11) is 0. The molecule has 9 heteroatoms. The largest absolute Gasteiger partial charge is 0.379 e. The molecule has 1 aromatic heterocycles. The van der Waals surface area contributed by atoms with Gasteiger partial charge in [0, 0.05) is 42.8 Å². The average molecular weight is 554 g/mol. The SMILES string of the molecule is O=C(NCc1ccccc1CN1CCOCC1)C1CCCN(Cc2nc(-c3ccc(Br)cc3)no2)C1. The van der Waals surface area contributed by atoms with Crippen molar-refractivity contribution in [2.24, 2.45) is 5.92 Å². The van der Waals surface area contributed by atoms with Crippen molar-refractivity contribution in [1.82, 2.24) is 25.3 Å². The number of piperidine rings is 1. The normalized spacial score (nSPS) is 19.3. The van der Waals surface area contributed by atoms with E-state index in [2.05, 4.69) is 59.4 Å². The third kappa shape index (κ3) is 6.59. The number of nitrogens with one attached hydrogen (secondary N) is 1. The van der Waals surface area contributed by atoms with Crippen LogP contribution in [0.2, 0.25) is 0 Å². The summed E-state index contributed by atoms with van der Waals surface area (Å²) >= 11 is 3.44. The molecule has 0 spiro atoms. The van der Waals surface area contributed by atoms with E-state index < -0.39 is 0 Å². The molecule has 2 aliphatic rings. The fourth-order valence-electron chi connectivity index (χ4n) is 4.85. The molecule has 3 aromatic rings. The van der Waals surface area contributed by atoms with Gasteiger partial charge >= 0.3 is 0 Å². The summed E-state index contributed by atoms with van der Waals surface area (Å²) in [5.74, 6) is 1.23. The molecule has 0 radical (unpaired) electrons. The summed E-state index contributed by atoms with van der Waals surface area (Å²) in [4.78, 5) is 22.3. The predicted octanol–water partition coefficient (Wildman–Crippen LogP) is 3.86. The van der Waals surface area contributed by atoms with Crippen molar-refractivity contribution in [3.63, 3.8) is 0 Å². The van der Waals surface area contributed by atoms with Crippen LogP contribution in [-0.4, -0.2) is 65.2 Å². The lowest BCUT2D eigenvalue weighted by atomic mass is 9.97. The summed E-state index contributed by atoms with van der Waals surface area (Å²) in [6, 6.07) is 16.2. The van der Waals surface area contributed by atoms with Gasteiger partial charge < -0.3 is 14.6 Å². The number of aromatic nitrogens is 2. The molecule has 2 fully saturated rings. The van der Waals surface area contributed by atoms with Crippen LogP contribution < -0.4 is 5.32 Å². The minimum absolute atomic E-state index is 0.0426. The third-order valence-electron chi connectivity index (χ3n) is 6.87. The Morgan fingerprint density at radius 3 is 2.58 bits per heavy atom. The maximum atomic E-state index is 13.1. The van der Waals surface area contributed by atoms with Crippen molar-refractivity contribution in [1.29, 1.82) is 0 Å². The maximum absolute atomic E-state index is 13.1. The van der Waals surface area contributed by atoms with E-state index >= 15 is 0 Å². The van der Waals surface area contributed by atoms with Gasteiger partial charge in [-0.15, -0.1) is 0 Å². The van der Waals surface area contributed by atoms with E-state index in [0.29, 0.717) is 31.3 Å². The number of carbonyl (C=O) groups is 1. The minimum atomic E-state index is -0.0426. The zero-order valence-electron chi connectivity index (χ0n) is 20.4. The molecule has 1 unspecified atom stereocenters. The molecule has 0 aliphatic carbocycles. The second kappa shape index (κ2) is 12.1. The number of rotatable bonds is 8. The van der Waals surface area contributed by atoms with Crippen molar-refractivity contribution >= 4 is 21.8 Å². The van der Waals surface area contributed by atoms with Crippen LogP contribution in [0.1, 0.15) is 29.9 Å². The standard InChI is InChI=1S/C27H32BrN5O3/c28-24-9-7-20(8-10-24)26-30-25(36-31-26)19-33-11-3-6-23(18-33)27(34)29-16-21-4-1-2-5-22(21)17-32-12-14-35-15-13-32/h1-2,4-5,7-10,23H,3,6,11-19H2,(H,29,34). The Hall–Kier alpha value is -2.59. The lowest BCUT2D eigenvalue weighted by Gasteiger charge is -2.31. The van der Waals surface area contributed by atoms with Crippen molar-refractivity contribution in [3.05, 3.63) is 70.0 Å². The molecule has 36 heavy (non-hydrogen) atoms. The van der Waals surface area contributed by atoms with Crippen LogP contribution in [0.4, 0.5) is 0 Å². The molecular formula is C27H32BrN5O3. The first-order valence-electron chi connectivity index (χ1n) is 12.6. The summed E-state index contributed by atoms with van der Waals surface area (Å²) < 4.78 is 12.0. The molecule has 3 heterocycles. The predicted molar refractivity (Wildman–Crippen MR) is 140 cm³/mol. The van der Waals surface area contributed by atoms with Gasteiger partial charge in [-0.3, -0.25) is 14.6 Å². The molecule has 5 rings (SSSR count). The van der Waals surface area contributed by atoms with Gasteiger partial charge in [-0.05, 0) is 54.8 Å². The summed E-state index contributed by atoms with van der Waals surface area (Å²) in [6.07, 6.45) is 1.87. The van der Waals surface area contributed by atoms with Gasteiger partial charge in [0.05, 0.1) is 25.7 Å². The van der Waals surface area contributed by atoms with Gasteiger partial charge in [0.15, 0.2) is 0 Å². The second-order valence-electron chi connectivity index (χ2n) is 9.47. The van der Waals surface area contributed by atoms with Gasteiger partial charge in [-0.2, -0.15) is 4.98 Å². The van der Waals surface area contributed by atoms with E-state index in [9.17, 15) is 4.79 Å². The summed E-state index contributed by atoms with van der Waals surface area (Å²) in [5.41, 5.74) is 3.36. The highest BCUT2D eigenvalue weighted by atomic mass is 79.9. The number of carbonyl (C=O) groups excluding carboxylic acids is 1. The molecule has 0 saturated carbocycles. The number of nitrogens with zero attached hydrogens (tertiary/aromatic N) is 4. The molecule has 1 N–H and O–H groups in total. The van der Waals surface area contributed by atoms with E-state index in [4.69, 9.17) is 9.26 Å². The van der Waals surface area contributed by atoms with Gasteiger partial charge in [0.25, 0.3) is 0 Å². The Labute approximate surface area is 220 Å². The first-order valence-corrected chi connectivity index (χ1v) is 13.4. The quantitative estimate of drug-likeness (QED) is 0.453. The molecule has 1 amide bonds. The summed E-state index contributed by atoms with van der Waals surface area (Å²) in [6.45, 7) is 7.06. The lowest BCUT2D eigenvalue weighted by molar-refractivity contribution is -0.127. The average Bonchev–Trinajstić information content (AvgIpc) is 3.37. The Bertz CT molecular complexity index is 1150. The van der Waals surface area contributed by atoms with Crippen LogP contribution in [0.15, 0.2) is 57.5 Å². The van der Waals surface area contributed by atoms with Crippen molar-refractivity contribution in [2.45, 2.75) is 32.5 Å². The summed E-state index contributed by atoms with van der Waals surface area (Å²) in [5, 5.41) is 7.33. The number of hydrogen-bond donors (Lipinski definition) is 1. The fourth-order valence-corrected chi connectivity index (χ4v) is 5.12. The first kappa shape index (κ1) is 25.1. The van der Waals surface area contributed by atoms with Crippen molar-refractivity contribution in [3.8, 4) is 11.4 Å². The molecule has 1 atom stereocenters. The van der Waals surface area contributed by atoms with E-state index in [1.165, 1.54) is 11.1 Å². The van der Waals surface area contributed by atoms with Crippen LogP contribution in [0.5, 0.6) is 0 Å². The molecule has 0 bridgehead atoms. The Morgan fingerprint density at radius 2 is 1.78 bits per heavy atom. The Morgan fingerprint density at radius 1 is 1.00 bits per heavy atom. The third-order valence-corrected chi connectivity index (χ3v) is 7.40. The smallest absolute Gasteiger partial charge is 0.241 e. The van der Waals surface area contributed by atoms with E-state index in [1.807, 2.05) is 30.3 Å². The van der Waals surface area contributed by atoms with Crippen LogP contribution >= 0.6 is 15.9 Å². The van der Waals surface area contributed by atoms with Crippen LogP contribution in [-0.2, 0) is 29.2 Å². The lowest BCUT2D eigenvalue weighted by Crippen LogP contribution is -2.42. The zero-order chi connectivity index (χ0) is 24.7. The molecule has 2 aliphatic heterocycles. The topological polar surface area (TPSA) is 83.7 Å². The van der Waals surface area contributed by atoms with Crippen molar-refractivity contribution in [2.75, 3.05) is 39.4 Å². The number of ether oxygens (including phenoxy) is 1. The molecule has 2 aromatic carbocycles. The highest BCUT2D eigenvalue weighted by Gasteiger charge is 2.27. The zero-order valence-corrected chi connectivity index (χ0v) is 22.0. The molecular weight excluding hydrogens is 522 g/mol. The van der Waals surface area contributed by atoms with Gasteiger partial charge in [-0.25, -0.2) is 0 Å². The minimum Gasteiger partial charge on any atom is -0.379 e. The number of benzene rings is 2. The Kier molecular flexibility index (Phi) is 8.43. The number of hydrogen-bond acceptors (Lipinski definition) is 7. The van der Waals surface area contributed by atoms with Crippen molar-refractivity contribution < 1.29 is 14.1 Å². The molecule has 8 nitrogen and oxygen atoms in total. The highest BCUT2D eigenvalue weighted by molar-refractivity contribution is 9.10. The van der Waals surface area contributed by atoms with Gasteiger partial charge in [0.1, 0.15) is 0 Å². The number of amides is 1. The highest BCUT2D eigenvalue weighted by Crippen LogP contribution is 2.22. The first-order chi connectivity index (χ1) is 17.6. The molecule has 190 valence electrons. The van der Waals surface area contributed by atoms with Crippen LogP contribution in [0.3, 0.4) is 0 Å². The van der Waals surface area contributed by atoms with Gasteiger partial charge in [-0.1, -0.05) is 45.4 Å². The fraction of sp³-hybridized carbons (Fsp3) is 0.444. The van der Waals surface area contributed by atoms with E-state index in [1.54, 1.807) is 0 Å². The van der Waals surface area contributed by atoms with E-state index in [0.717, 1.165) is 62.3 Å². The number of halogens is 1. The maximum Gasteiger partial charge on any atom is 0.241 e. The number of likely N-dealkylation sites (tertiary alicyclic amines) is 1. The van der Waals surface area contributed by atoms with Crippen LogP contribution in [0, 0.1) is 5.92 Å². The van der Waals surface area contributed by atoms with Crippen LogP contribution in [0.25, 0.3) is 11.4 Å². The molecule has 2 saturated heterocycles. The van der Waals surface area contributed by atoms with Gasteiger partial charge in [0.2, 0.25) is 17.6 Å². The monoisotopic (exact) mass is 553 g/mol. The Balaban J connectivity index is 1.14.